The van der Waals surface area contributed by atoms with Gasteiger partial charge in [-0.3, -0.25) is 14.7 Å². The molecule has 1 aliphatic heterocycles. The molecule has 1 atom stereocenters. The SMILES string of the molecule is COc1cc(C2N=C(N)Nc3nc(=O)c4ccccc4n32)cc(OC)c1OC. The molecule has 0 saturated heterocycles. The lowest BCUT2D eigenvalue weighted by molar-refractivity contribution is 0.323. The number of anilines is 1. The van der Waals surface area contributed by atoms with Gasteiger partial charge in [-0.2, -0.15) is 4.98 Å². The third kappa shape index (κ3) is 2.68. The number of benzene rings is 2. The van der Waals surface area contributed by atoms with E-state index in [4.69, 9.17) is 19.9 Å². The molecule has 0 amide bonds. The summed E-state index contributed by atoms with van der Waals surface area (Å²) >= 11 is 0. The Labute approximate surface area is 160 Å². The minimum absolute atomic E-state index is 0.154. The molecule has 1 aromatic heterocycles. The van der Waals surface area contributed by atoms with Crippen molar-refractivity contribution in [1.29, 1.82) is 0 Å². The van der Waals surface area contributed by atoms with E-state index in [1.54, 1.807) is 38.5 Å². The molecule has 9 heteroatoms. The van der Waals surface area contributed by atoms with Gasteiger partial charge in [-0.15, -0.1) is 0 Å². The molecular formula is C19H19N5O4. The molecule has 1 aliphatic rings. The molecule has 3 aromatic rings. The molecule has 1 unspecified atom stereocenters. The Kier molecular flexibility index (Phi) is 4.26. The molecular weight excluding hydrogens is 362 g/mol. The minimum atomic E-state index is -0.581. The van der Waals surface area contributed by atoms with Gasteiger partial charge in [0.25, 0.3) is 5.56 Å². The number of aliphatic imine (C=N–C) groups is 1. The van der Waals surface area contributed by atoms with Gasteiger partial charge in [-0.05, 0) is 24.3 Å². The van der Waals surface area contributed by atoms with Crippen molar-refractivity contribution in [2.75, 3.05) is 26.6 Å². The number of guanidine groups is 1. The quantitative estimate of drug-likeness (QED) is 0.707. The summed E-state index contributed by atoms with van der Waals surface area (Å²) in [5.74, 6) is 1.92. The molecule has 3 N–H and O–H groups in total. The topological polar surface area (TPSA) is 113 Å². The first-order chi connectivity index (χ1) is 13.6. The minimum Gasteiger partial charge on any atom is -0.493 e. The first kappa shape index (κ1) is 17.7. The van der Waals surface area contributed by atoms with Crippen LogP contribution >= 0.6 is 0 Å². The second-order valence-electron chi connectivity index (χ2n) is 6.10. The van der Waals surface area contributed by atoms with Crippen LogP contribution in [0.1, 0.15) is 11.7 Å². The van der Waals surface area contributed by atoms with E-state index in [1.165, 1.54) is 7.11 Å². The second kappa shape index (κ2) is 6.76. The first-order valence-corrected chi connectivity index (χ1v) is 8.49. The highest BCUT2D eigenvalue weighted by atomic mass is 16.5. The summed E-state index contributed by atoms with van der Waals surface area (Å²) in [5.41, 5.74) is 7.04. The summed E-state index contributed by atoms with van der Waals surface area (Å²) in [5, 5.41) is 3.35. The third-order valence-electron chi connectivity index (χ3n) is 4.56. The van der Waals surface area contributed by atoms with Crippen LogP contribution in [0.15, 0.2) is 46.2 Å². The number of para-hydroxylation sites is 1. The lowest BCUT2D eigenvalue weighted by Gasteiger charge is -2.28. The number of ether oxygens (including phenoxy) is 3. The van der Waals surface area contributed by atoms with Crippen LogP contribution in [-0.2, 0) is 0 Å². The van der Waals surface area contributed by atoms with Crippen molar-refractivity contribution >= 4 is 22.8 Å². The van der Waals surface area contributed by atoms with E-state index in [1.807, 2.05) is 16.7 Å². The zero-order chi connectivity index (χ0) is 19.8. The Balaban J connectivity index is 2.01. The molecule has 2 heterocycles. The van der Waals surface area contributed by atoms with E-state index < -0.39 is 6.17 Å². The van der Waals surface area contributed by atoms with Gasteiger partial charge in [-0.25, -0.2) is 4.99 Å². The number of hydrogen-bond donors (Lipinski definition) is 2. The molecule has 4 rings (SSSR count). The highest BCUT2D eigenvalue weighted by molar-refractivity contribution is 5.93. The molecule has 28 heavy (non-hydrogen) atoms. The van der Waals surface area contributed by atoms with E-state index in [0.717, 1.165) is 5.56 Å². The molecule has 0 fully saturated rings. The Morgan fingerprint density at radius 3 is 2.39 bits per heavy atom. The Hall–Kier alpha value is -3.75. The number of nitrogens with one attached hydrogen (secondary N) is 1. The average Bonchev–Trinajstić information content (AvgIpc) is 2.71. The van der Waals surface area contributed by atoms with Crippen LogP contribution in [0.25, 0.3) is 10.9 Å². The molecule has 144 valence electrons. The van der Waals surface area contributed by atoms with Crippen LogP contribution in [0.4, 0.5) is 5.95 Å². The van der Waals surface area contributed by atoms with Gasteiger partial charge in [0.15, 0.2) is 23.6 Å². The zero-order valence-corrected chi connectivity index (χ0v) is 15.6. The second-order valence-corrected chi connectivity index (χ2v) is 6.10. The van der Waals surface area contributed by atoms with Crippen molar-refractivity contribution in [3.63, 3.8) is 0 Å². The van der Waals surface area contributed by atoms with Crippen molar-refractivity contribution in [2.24, 2.45) is 10.7 Å². The maximum atomic E-state index is 12.4. The Bertz CT molecular complexity index is 1130. The van der Waals surface area contributed by atoms with Crippen molar-refractivity contribution < 1.29 is 14.2 Å². The van der Waals surface area contributed by atoms with Crippen molar-refractivity contribution in [1.82, 2.24) is 9.55 Å². The van der Waals surface area contributed by atoms with E-state index >= 15 is 0 Å². The largest absolute Gasteiger partial charge is 0.493 e. The van der Waals surface area contributed by atoms with Crippen molar-refractivity contribution in [3.05, 3.63) is 52.3 Å². The predicted molar refractivity (Wildman–Crippen MR) is 105 cm³/mol. The predicted octanol–water partition coefficient (Wildman–Crippen LogP) is 1.71. The summed E-state index contributed by atoms with van der Waals surface area (Å²) in [6.45, 7) is 0. The van der Waals surface area contributed by atoms with Crippen LogP contribution in [0, 0.1) is 0 Å². The molecule has 0 radical (unpaired) electrons. The number of hydrogen-bond acceptors (Lipinski definition) is 8. The summed E-state index contributed by atoms with van der Waals surface area (Å²) < 4.78 is 18.1. The van der Waals surface area contributed by atoms with E-state index in [9.17, 15) is 4.79 Å². The summed E-state index contributed by atoms with van der Waals surface area (Å²) in [4.78, 5) is 21.1. The van der Waals surface area contributed by atoms with Crippen LogP contribution in [-0.4, -0.2) is 36.8 Å². The number of nitrogens with zero attached hydrogens (tertiary/aromatic N) is 3. The monoisotopic (exact) mass is 381 g/mol. The van der Waals surface area contributed by atoms with E-state index in [-0.39, 0.29) is 11.5 Å². The van der Waals surface area contributed by atoms with Crippen LogP contribution < -0.4 is 30.8 Å². The highest BCUT2D eigenvalue weighted by Gasteiger charge is 2.27. The molecule has 2 aromatic carbocycles. The molecule has 0 bridgehead atoms. The van der Waals surface area contributed by atoms with Gasteiger partial charge < -0.3 is 19.9 Å². The zero-order valence-electron chi connectivity index (χ0n) is 15.6. The third-order valence-corrected chi connectivity index (χ3v) is 4.56. The van der Waals surface area contributed by atoms with Gasteiger partial charge in [0.1, 0.15) is 0 Å². The van der Waals surface area contributed by atoms with Gasteiger partial charge in [0, 0.05) is 5.56 Å². The van der Waals surface area contributed by atoms with Gasteiger partial charge >= 0.3 is 0 Å². The van der Waals surface area contributed by atoms with Crippen LogP contribution in [0.3, 0.4) is 0 Å². The van der Waals surface area contributed by atoms with Gasteiger partial charge in [0.2, 0.25) is 11.7 Å². The summed E-state index contributed by atoms with van der Waals surface area (Å²) in [6.07, 6.45) is -0.581. The van der Waals surface area contributed by atoms with Gasteiger partial charge in [0.05, 0.1) is 32.2 Å². The summed E-state index contributed by atoms with van der Waals surface area (Å²) in [7, 11) is 4.63. The number of nitrogens with two attached hydrogens (primary N) is 1. The molecule has 0 aliphatic carbocycles. The lowest BCUT2D eigenvalue weighted by Crippen LogP contribution is -2.34. The van der Waals surface area contributed by atoms with E-state index in [0.29, 0.717) is 34.1 Å². The Morgan fingerprint density at radius 1 is 1.07 bits per heavy atom. The number of methoxy groups -OCH3 is 3. The molecule has 0 saturated carbocycles. The fourth-order valence-electron chi connectivity index (χ4n) is 3.34. The number of aromatic nitrogens is 2. The number of rotatable bonds is 4. The Morgan fingerprint density at radius 2 is 1.75 bits per heavy atom. The molecule has 9 nitrogen and oxygen atoms in total. The fourth-order valence-corrected chi connectivity index (χ4v) is 3.34. The van der Waals surface area contributed by atoms with Crippen LogP contribution in [0.2, 0.25) is 0 Å². The fraction of sp³-hybridized carbons (Fsp3) is 0.211. The maximum Gasteiger partial charge on any atom is 0.282 e. The van der Waals surface area contributed by atoms with Crippen molar-refractivity contribution in [3.8, 4) is 17.2 Å². The van der Waals surface area contributed by atoms with Crippen LogP contribution in [0.5, 0.6) is 17.2 Å². The maximum absolute atomic E-state index is 12.4. The first-order valence-electron chi connectivity index (χ1n) is 8.49. The number of fused-ring (bicyclic) bond motifs is 3. The van der Waals surface area contributed by atoms with Crippen molar-refractivity contribution in [2.45, 2.75) is 6.17 Å². The molecule has 0 spiro atoms. The standard InChI is InChI=1S/C19H19N5O4/c1-26-13-8-10(9-14(27-2)15(13)28-3)16-21-18(20)23-19-22-17(25)11-6-4-5-7-12(11)24(16)19/h4-9,16H,1-3H3,(H3,20,21,22,23,25). The van der Waals surface area contributed by atoms with E-state index in [2.05, 4.69) is 15.3 Å². The lowest BCUT2D eigenvalue weighted by atomic mass is 10.1. The smallest absolute Gasteiger partial charge is 0.282 e. The average molecular weight is 381 g/mol. The highest BCUT2D eigenvalue weighted by Crippen LogP contribution is 2.41. The normalized spacial score (nSPS) is 15.4. The van der Waals surface area contributed by atoms with Gasteiger partial charge in [-0.1, -0.05) is 12.1 Å². The summed E-state index contributed by atoms with van der Waals surface area (Å²) in [6, 6.07) is 10.8.